The molecule has 3 atom stereocenters. The van der Waals surface area contributed by atoms with Crippen LogP contribution in [0.4, 0.5) is 0 Å². The van der Waals surface area contributed by atoms with E-state index in [2.05, 4.69) is 0 Å². The second-order valence-electron chi connectivity index (χ2n) is 4.74. The maximum atomic E-state index is 11.9. The molecule has 0 spiro atoms. The van der Waals surface area contributed by atoms with Gasteiger partial charge in [0.2, 0.25) is 10.0 Å². The van der Waals surface area contributed by atoms with Gasteiger partial charge in [-0.05, 0) is 25.2 Å². The monoisotopic (exact) mass is 267 g/mol. The van der Waals surface area contributed by atoms with Crippen LogP contribution in [-0.2, 0) is 10.0 Å². The third kappa shape index (κ3) is 2.37. The molecule has 94 valence electrons. The average molecular weight is 268 g/mol. The van der Waals surface area contributed by atoms with Crippen LogP contribution in [0, 0.1) is 11.8 Å². The Morgan fingerprint density at radius 2 is 2.06 bits per heavy atom. The minimum atomic E-state index is -3.15. The van der Waals surface area contributed by atoms with Crippen LogP contribution in [-0.4, -0.2) is 48.7 Å². The van der Waals surface area contributed by atoms with E-state index >= 15 is 0 Å². The van der Waals surface area contributed by atoms with Gasteiger partial charge in [-0.2, -0.15) is 0 Å². The van der Waals surface area contributed by atoms with E-state index in [1.165, 1.54) is 4.31 Å². The van der Waals surface area contributed by atoms with Crippen LogP contribution in [0.3, 0.4) is 0 Å². The molecule has 0 aromatic heterocycles. The molecule has 16 heavy (non-hydrogen) atoms. The zero-order chi connectivity index (χ0) is 11.8. The summed E-state index contributed by atoms with van der Waals surface area (Å²) in [5.41, 5.74) is 0. The first-order chi connectivity index (χ1) is 7.54. The minimum Gasteiger partial charge on any atom is -0.393 e. The van der Waals surface area contributed by atoms with Gasteiger partial charge in [0.25, 0.3) is 0 Å². The van der Waals surface area contributed by atoms with Crippen LogP contribution in [0.5, 0.6) is 0 Å². The SMILES string of the molecule is O=S(=O)(CCCCl)N1CC2CCC(O)C2C1. The molecule has 0 radical (unpaired) electrons. The van der Waals surface area contributed by atoms with E-state index in [1.807, 2.05) is 0 Å². The van der Waals surface area contributed by atoms with Gasteiger partial charge in [0.1, 0.15) is 0 Å². The van der Waals surface area contributed by atoms with Crippen LogP contribution in [0.15, 0.2) is 0 Å². The van der Waals surface area contributed by atoms with Crippen molar-refractivity contribution >= 4 is 21.6 Å². The molecule has 4 nitrogen and oxygen atoms in total. The van der Waals surface area contributed by atoms with Crippen molar-refractivity contribution in [3.05, 3.63) is 0 Å². The molecule has 1 aliphatic heterocycles. The summed E-state index contributed by atoms with van der Waals surface area (Å²) in [6.07, 6.45) is 1.97. The number of sulfonamides is 1. The average Bonchev–Trinajstić information content (AvgIpc) is 2.79. The third-order valence-electron chi connectivity index (χ3n) is 3.71. The maximum Gasteiger partial charge on any atom is 0.214 e. The van der Waals surface area contributed by atoms with Gasteiger partial charge in [0.15, 0.2) is 0 Å². The molecule has 0 aromatic rings. The van der Waals surface area contributed by atoms with E-state index < -0.39 is 10.0 Å². The summed E-state index contributed by atoms with van der Waals surface area (Å²) in [4.78, 5) is 0. The van der Waals surface area contributed by atoms with Crippen LogP contribution in [0.1, 0.15) is 19.3 Å². The summed E-state index contributed by atoms with van der Waals surface area (Å²) in [5, 5.41) is 9.72. The van der Waals surface area contributed by atoms with Crippen molar-refractivity contribution in [3.63, 3.8) is 0 Å². The van der Waals surface area contributed by atoms with Gasteiger partial charge in [-0.1, -0.05) is 0 Å². The largest absolute Gasteiger partial charge is 0.393 e. The third-order valence-corrected chi connectivity index (χ3v) is 5.87. The van der Waals surface area contributed by atoms with Crippen LogP contribution in [0.25, 0.3) is 0 Å². The lowest BCUT2D eigenvalue weighted by molar-refractivity contribution is 0.129. The van der Waals surface area contributed by atoms with Gasteiger partial charge in [0.05, 0.1) is 11.9 Å². The Morgan fingerprint density at radius 1 is 1.31 bits per heavy atom. The zero-order valence-corrected chi connectivity index (χ0v) is 10.8. The topological polar surface area (TPSA) is 57.6 Å². The van der Waals surface area contributed by atoms with Crippen molar-refractivity contribution in [1.82, 2.24) is 4.31 Å². The van der Waals surface area contributed by atoms with Gasteiger partial charge in [-0.15, -0.1) is 11.6 Å². The number of hydrogen-bond donors (Lipinski definition) is 1. The molecule has 1 saturated heterocycles. The highest BCUT2D eigenvalue weighted by Gasteiger charge is 2.45. The van der Waals surface area contributed by atoms with Gasteiger partial charge >= 0.3 is 0 Å². The maximum absolute atomic E-state index is 11.9. The molecule has 1 aliphatic carbocycles. The normalized spacial score (nSPS) is 35.5. The highest BCUT2D eigenvalue weighted by Crippen LogP contribution is 2.39. The molecular formula is C10H18ClNO3S. The van der Waals surface area contributed by atoms with Gasteiger partial charge in [-0.3, -0.25) is 0 Å². The Kier molecular flexibility index (Phi) is 3.79. The minimum absolute atomic E-state index is 0.131. The van der Waals surface area contributed by atoms with Crippen molar-refractivity contribution in [2.45, 2.75) is 25.4 Å². The highest BCUT2D eigenvalue weighted by molar-refractivity contribution is 7.89. The number of alkyl halides is 1. The number of rotatable bonds is 4. The molecule has 3 unspecified atom stereocenters. The summed E-state index contributed by atoms with van der Waals surface area (Å²) in [6, 6.07) is 0. The predicted octanol–water partition coefficient (Wildman–Crippen LogP) is 0.648. The van der Waals surface area contributed by atoms with Gasteiger partial charge in [-0.25, -0.2) is 12.7 Å². The fourth-order valence-corrected chi connectivity index (χ4v) is 4.67. The van der Waals surface area contributed by atoms with E-state index in [1.54, 1.807) is 0 Å². The lowest BCUT2D eigenvalue weighted by Gasteiger charge is -2.17. The van der Waals surface area contributed by atoms with Crippen LogP contribution >= 0.6 is 11.6 Å². The summed E-state index contributed by atoms with van der Waals surface area (Å²) < 4.78 is 25.4. The Labute approximate surface area is 102 Å². The lowest BCUT2D eigenvalue weighted by Crippen LogP contribution is -2.33. The van der Waals surface area contributed by atoms with Crippen molar-refractivity contribution in [2.75, 3.05) is 24.7 Å². The molecule has 1 N–H and O–H groups in total. The van der Waals surface area contributed by atoms with E-state index in [0.717, 1.165) is 12.8 Å². The first kappa shape index (κ1) is 12.6. The van der Waals surface area contributed by atoms with E-state index in [4.69, 9.17) is 11.6 Å². The van der Waals surface area contributed by atoms with Gasteiger partial charge < -0.3 is 5.11 Å². The number of halogens is 1. The van der Waals surface area contributed by atoms with Gasteiger partial charge in [0, 0.05) is 24.9 Å². The zero-order valence-electron chi connectivity index (χ0n) is 9.18. The molecule has 2 fully saturated rings. The first-order valence-electron chi connectivity index (χ1n) is 5.76. The fraction of sp³-hybridized carbons (Fsp3) is 1.00. The molecule has 0 aromatic carbocycles. The summed E-state index contributed by atoms with van der Waals surface area (Å²) in [7, 11) is -3.15. The van der Waals surface area contributed by atoms with Crippen molar-refractivity contribution in [3.8, 4) is 0 Å². The second kappa shape index (κ2) is 4.80. The Morgan fingerprint density at radius 3 is 2.69 bits per heavy atom. The summed E-state index contributed by atoms with van der Waals surface area (Å²) in [5.74, 6) is 1.03. The van der Waals surface area contributed by atoms with Crippen LogP contribution in [0.2, 0.25) is 0 Å². The van der Waals surface area contributed by atoms with E-state index in [0.29, 0.717) is 31.3 Å². The number of aliphatic hydroxyl groups is 1. The van der Waals surface area contributed by atoms with E-state index in [-0.39, 0.29) is 17.8 Å². The van der Waals surface area contributed by atoms with E-state index in [9.17, 15) is 13.5 Å². The molecule has 2 rings (SSSR count). The first-order valence-corrected chi connectivity index (χ1v) is 7.91. The molecule has 1 heterocycles. The van der Waals surface area contributed by atoms with Crippen LogP contribution < -0.4 is 0 Å². The Balaban J connectivity index is 1.98. The molecule has 1 saturated carbocycles. The number of nitrogens with zero attached hydrogens (tertiary/aromatic N) is 1. The Hall–Kier alpha value is 0.160. The quantitative estimate of drug-likeness (QED) is 0.761. The second-order valence-corrected chi connectivity index (χ2v) is 7.21. The Bertz CT molecular complexity index is 346. The molecular weight excluding hydrogens is 250 g/mol. The summed E-state index contributed by atoms with van der Waals surface area (Å²) in [6.45, 7) is 1.09. The molecule has 0 bridgehead atoms. The van der Waals surface area contributed by atoms with Crippen molar-refractivity contribution in [1.29, 1.82) is 0 Å². The highest BCUT2D eigenvalue weighted by atomic mass is 35.5. The lowest BCUT2D eigenvalue weighted by atomic mass is 10.00. The fourth-order valence-electron chi connectivity index (χ4n) is 2.79. The predicted molar refractivity (Wildman–Crippen MR) is 62.9 cm³/mol. The molecule has 6 heteroatoms. The standard InChI is InChI=1S/C10H18ClNO3S/c11-4-1-5-16(14,15)12-6-8-2-3-10(13)9(8)7-12/h8-10,13H,1-7H2. The number of fused-ring (bicyclic) bond motifs is 1. The summed E-state index contributed by atoms with van der Waals surface area (Å²) >= 11 is 5.51. The number of hydrogen-bond acceptors (Lipinski definition) is 3. The molecule has 0 amide bonds. The number of aliphatic hydroxyl groups excluding tert-OH is 1. The smallest absolute Gasteiger partial charge is 0.214 e. The van der Waals surface area contributed by atoms with Crippen molar-refractivity contribution in [2.24, 2.45) is 11.8 Å². The van der Waals surface area contributed by atoms with Crippen molar-refractivity contribution < 1.29 is 13.5 Å². The molecule has 2 aliphatic rings.